The van der Waals surface area contributed by atoms with Crippen molar-refractivity contribution in [2.45, 2.75) is 39.3 Å². The number of hydrogen-bond acceptors (Lipinski definition) is 4. The van der Waals surface area contributed by atoms with Crippen molar-refractivity contribution in [3.05, 3.63) is 16.6 Å². The Morgan fingerprint density at radius 3 is 2.69 bits per heavy atom. The molecule has 4 heteroatoms. The maximum atomic E-state index is 5.83. The molecule has 1 aromatic heterocycles. The lowest BCUT2D eigenvalue weighted by molar-refractivity contribution is 0.00552. The van der Waals surface area contributed by atoms with Gasteiger partial charge >= 0.3 is 0 Å². The summed E-state index contributed by atoms with van der Waals surface area (Å²) in [6.07, 6.45) is 3.19. The van der Waals surface area contributed by atoms with Crippen molar-refractivity contribution >= 4 is 11.3 Å². The van der Waals surface area contributed by atoms with Crippen LogP contribution in [0.5, 0.6) is 0 Å². The molecule has 2 atom stereocenters. The van der Waals surface area contributed by atoms with E-state index in [1.54, 1.807) is 11.3 Å². The second kappa shape index (κ2) is 6.99. The summed E-state index contributed by atoms with van der Waals surface area (Å²) in [4.78, 5) is 5.42. The molecule has 0 saturated heterocycles. The van der Waals surface area contributed by atoms with Crippen LogP contribution in [0, 0.1) is 5.92 Å². The molecule has 1 N–H and O–H groups in total. The number of nitrogens with one attached hydrogen (secondary N) is 1. The van der Waals surface area contributed by atoms with E-state index in [-0.39, 0.29) is 6.10 Å². The van der Waals surface area contributed by atoms with E-state index in [1.807, 2.05) is 18.8 Å². The van der Waals surface area contributed by atoms with E-state index in [9.17, 15) is 0 Å². The van der Waals surface area contributed by atoms with Crippen LogP contribution in [-0.4, -0.2) is 30.8 Å². The first-order valence-corrected chi connectivity index (χ1v) is 6.73. The highest BCUT2D eigenvalue weighted by Crippen LogP contribution is 2.17. The molecule has 0 fully saturated rings. The second-order valence-corrected chi connectivity index (χ2v) is 5.20. The van der Waals surface area contributed by atoms with Crippen molar-refractivity contribution in [2.24, 2.45) is 5.92 Å². The van der Waals surface area contributed by atoms with Gasteiger partial charge in [0.2, 0.25) is 0 Å². The molecule has 0 spiro atoms. The Morgan fingerprint density at radius 1 is 1.50 bits per heavy atom. The van der Waals surface area contributed by atoms with Crippen molar-refractivity contribution in [3.63, 3.8) is 0 Å². The predicted octanol–water partition coefficient (Wildman–Crippen LogP) is 2.33. The third kappa shape index (κ3) is 3.85. The number of nitrogens with zero attached hydrogens (tertiary/aromatic N) is 1. The Balaban J connectivity index is 2.63. The number of likely N-dealkylation sites (N-methyl/N-ethyl adjacent to an activating group) is 1. The van der Waals surface area contributed by atoms with Gasteiger partial charge in [-0.05, 0) is 19.9 Å². The zero-order valence-electron chi connectivity index (χ0n) is 10.6. The summed E-state index contributed by atoms with van der Waals surface area (Å²) >= 11 is 1.71. The van der Waals surface area contributed by atoms with Crippen LogP contribution in [0.3, 0.4) is 0 Å². The van der Waals surface area contributed by atoms with Gasteiger partial charge in [0.15, 0.2) is 0 Å². The predicted molar refractivity (Wildman–Crippen MR) is 68.9 cm³/mol. The molecule has 0 radical (unpaired) electrons. The molecular formula is C12H22N2OS. The fourth-order valence-electron chi connectivity index (χ4n) is 1.91. The Morgan fingerprint density at radius 2 is 2.25 bits per heavy atom. The Labute approximate surface area is 102 Å². The summed E-state index contributed by atoms with van der Waals surface area (Å²) in [5, 5.41) is 3.36. The largest absolute Gasteiger partial charge is 0.377 e. The van der Waals surface area contributed by atoms with Gasteiger partial charge in [-0.2, -0.15) is 0 Å². The van der Waals surface area contributed by atoms with Crippen molar-refractivity contribution in [1.29, 1.82) is 0 Å². The molecule has 0 aromatic carbocycles. The topological polar surface area (TPSA) is 34.1 Å². The molecule has 16 heavy (non-hydrogen) atoms. The average Bonchev–Trinajstić information content (AvgIpc) is 2.75. The summed E-state index contributed by atoms with van der Waals surface area (Å²) < 4.78 is 5.83. The third-order valence-corrected chi connectivity index (χ3v) is 3.49. The summed E-state index contributed by atoms with van der Waals surface area (Å²) in [7, 11) is 2.00. The van der Waals surface area contributed by atoms with Crippen molar-refractivity contribution in [3.8, 4) is 0 Å². The van der Waals surface area contributed by atoms with E-state index in [2.05, 4.69) is 31.1 Å². The van der Waals surface area contributed by atoms with Crippen LogP contribution in [0.2, 0.25) is 0 Å². The van der Waals surface area contributed by atoms with Gasteiger partial charge in [-0.3, -0.25) is 4.98 Å². The first-order chi connectivity index (χ1) is 7.69. The highest BCUT2D eigenvalue weighted by Gasteiger charge is 2.24. The fourth-order valence-corrected chi connectivity index (χ4v) is 2.56. The average molecular weight is 242 g/mol. The maximum absolute atomic E-state index is 5.83. The molecule has 92 valence electrons. The van der Waals surface area contributed by atoms with E-state index in [0.29, 0.717) is 12.0 Å². The maximum Gasteiger partial charge on any atom is 0.0794 e. The molecule has 0 aliphatic carbocycles. The van der Waals surface area contributed by atoms with Crippen molar-refractivity contribution < 1.29 is 4.74 Å². The number of thiazole rings is 1. The minimum absolute atomic E-state index is 0.261. The Kier molecular flexibility index (Phi) is 5.95. The highest BCUT2D eigenvalue weighted by atomic mass is 32.1. The highest BCUT2D eigenvalue weighted by molar-refractivity contribution is 7.09. The van der Waals surface area contributed by atoms with E-state index in [1.165, 1.54) is 4.88 Å². The SMILES string of the molecule is CCOC(C(C)C)C(Cc1cncs1)NC. The molecule has 3 nitrogen and oxygen atoms in total. The van der Waals surface area contributed by atoms with E-state index >= 15 is 0 Å². The van der Waals surface area contributed by atoms with Crippen LogP contribution in [0.25, 0.3) is 0 Å². The normalized spacial score (nSPS) is 15.3. The van der Waals surface area contributed by atoms with Gasteiger partial charge < -0.3 is 10.1 Å². The zero-order chi connectivity index (χ0) is 12.0. The molecule has 1 aromatic rings. The lowest BCUT2D eigenvalue weighted by atomic mass is 9.96. The summed E-state index contributed by atoms with van der Waals surface area (Å²) in [6.45, 7) is 7.23. The molecule has 1 rings (SSSR count). The van der Waals surface area contributed by atoms with Gasteiger partial charge in [-0.1, -0.05) is 13.8 Å². The smallest absolute Gasteiger partial charge is 0.0794 e. The van der Waals surface area contributed by atoms with Gasteiger partial charge in [0.25, 0.3) is 0 Å². The number of ether oxygens (including phenoxy) is 1. The van der Waals surface area contributed by atoms with Crippen LogP contribution in [-0.2, 0) is 11.2 Å². The van der Waals surface area contributed by atoms with E-state index in [4.69, 9.17) is 4.74 Å². The fraction of sp³-hybridized carbons (Fsp3) is 0.750. The molecule has 0 amide bonds. The van der Waals surface area contributed by atoms with Crippen LogP contribution >= 0.6 is 11.3 Å². The van der Waals surface area contributed by atoms with Crippen LogP contribution in [0.15, 0.2) is 11.7 Å². The van der Waals surface area contributed by atoms with Crippen molar-refractivity contribution in [2.75, 3.05) is 13.7 Å². The molecule has 2 unspecified atom stereocenters. The molecule has 1 heterocycles. The lowest BCUT2D eigenvalue weighted by Gasteiger charge is -2.29. The zero-order valence-corrected chi connectivity index (χ0v) is 11.4. The Hall–Kier alpha value is -0.450. The minimum atomic E-state index is 0.261. The van der Waals surface area contributed by atoms with Gasteiger partial charge in [0.1, 0.15) is 0 Å². The number of aromatic nitrogens is 1. The monoisotopic (exact) mass is 242 g/mol. The van der Waals surface area contributed by atoms with Crippen LogP contribution in [0.1, 0.15) is 25.6 Å². The molecular weight excluding hydrogens is 220 g/mol. The lowest BCUT2D eigenvalue weighted by Crippen LogP contribution is -2.44. The van der Waals surface area contributed by atoms with E-state index < -0.39 is 0 Å². The standard InChI is InChI=1S/C12H22N2OS/c1-5-15-12(9(2)3)11(13-4)6-10-7-14-8-16-10/h7-9,11-13H,5-6H2,1-4H3. The van der Waals surface area contributed by atoms with Gasteiger partial charge in [0, 0.05) is 30.1 Å². The van der Waals surface area contributed by atoms with Crippen LogP contribution < -0.4 is 5.32 Å². The molecule has 0 aliphatic heterocycles. The van der Waals surface area contributed by atoms with Crippen LogP contribution in [0.4, 0.5) is 0 Å². The number of hydrogen-bond donors (Lipinski definition) is 1. The number of rotatable bonds is 7. The van der Waals surface area contributed by atoms with Gasteiger partial charge in [0.05, 0.1) is 11.6 Å². The first-order valence-electron chi connectivity index (χ1n) is 5.85. The summed E-state index contributed by atoms with van der Waals surface area (Å²) in [6, 6.07) is 0.361. The summed E-state index contributed by atoms with van der Waals surface area (Å²) in [5.74, 6) is 0.519. The van der Waals surface area contributed by atoms with E-state index in [0.717, 1.165) is 13.0 Å². The second-order valence-electron chi connectivity index (χ2n) is 4.23. The molecule has 0 bridgehead atoms. The quantitative estimate of drug-likeness (QED) is 0.797. The van der Waals surface area contributed by atoms with Gasteiger partial charge in [-0.15, -0.1) is 11.3 Å². The summed E-state index contributed by atoms with van der Waals surface area (Å²) in [5.41, 5.74) is 1.88. The third-order valence-electron chi connectivity index (χ3n) is 2.69. The molecule has 0 aliphatic rings. The molecule has 0 saturated carbocycles. The van der Waals surface area contributed by atoms with Crippen molar-refractivity contribution in [1.82, 2.24) is 10.3 Å². The van der Waals surface area contributed by atoms with Gasteiger partial charge in [-0.25, -0.2) is 0 Å². The minimum Gasteiger partial charge on any atom is -0.377 e. The first kappa shape index (κ1) is 13.6. The Bertz CT molecular complexity index is 275.